The van der Waals surface area contributed by atoms with Crippen molar-refractivity contribution in [3.8, 4) is 11.5 Å². The Morgan fingerprint density at radius 2 is 1.94 bits per heavy atom. The largest absolute Gasteiger partial charge is 0.493 e. The van der Waals surface area contributed by atoms with E-state index in [9.17, 15) is 9.59 Å². The fourth-order valence-corrected chi connectivity index (χ4v) is 3.58. The summed E-state index contributed by atoms with van der Waals surface area (Å²) in [6.45, 7) is 7.37. The summed E-state index contributed by atoms with van der Waals surface area (Å²) in [6.07, 6.45) is 2.16. The number of methoxy groups -OCH3 is 1. The second kappa shape index (κ2) is 11.3. The number of carbonyl (C=O) groups excluding carboxylic acids is 1. The van der Waals surface area contributed by atoms with Crippen molar-refractivity contribution in [2.24, 2.45) is 5.10 Å². The number of rotatable bonds is 9. The highest BCUT2D eigenvalue weighted by Crippen LogP contribution is 2.28. The lowest BCUT2D eigenvalue weighted by Crippen LogP contribution is -2.23. The highest BCUT2D eigenvalue weighted by Gasteiger charge is 2.16. The maximum atomic E-state index is 13.2. The van der Waals surface area contributed by atoms with E-state index in [4.69, 9.17) is 19.2 Å². The van der Waals surface area contributed by atoms with Crippen LogP contribution in [0.3, 0.4) is 0 Å². The SMILES string of the molecule is CC[C@H](C)c1nc2ccc(Br)cc2c(=O)n1N=Cc1ccc(OCC(=O)OC(C)C)c(OC)c1. The molecule has 0 fully saturated rings. The number of hydrogen-bond donors (Lipinski definition) is 0. The van der Waals surface area contributed by atoms with Gasteiger partial charge in [0.15, 0.2) is 18.1 Å². The molecule has 8 nitrogen and oxygen atoms in total. The molecule has 0 unspecified atom stereocenters. The third kappa shape index (κ3) is 6.02. The van der Waals surface area contributed by atoms with Gasteiger partial charge in [-0.05, 0) is 62.2 Å². The summed E-state index contributed by atoms with van der Waals surface area (Å²) >= 11 is 3.41. The van der Waals surface area contributed by atoms with Crippen LogP contribution in [0.4, 0.5) is 0 Å². The normalized spacial score (nSPS) is 12.3. The van der Waals surface area contributed by atoms with Crippen LogP contribution in [0.1, 0.15) is 51.4 Å². The highest BCUT2D eigenvalue weighted by molar-refractivity contribution is 9.10. The van der Waals surface area contributed by atoms with Crippen molar-refractivity contribution in [2.75, 3.05) is 13.7 Å². The molecule has 0 amide bonds. The van der Waals surface area contributed by atoms with Gasteiger partial charge in [-0.1, -0.05) is 29.8 Å². The Morgan fingerprint density at radius 3 is 2.62 bits per heavy atom. The molecule has 3 aromatic rings. The van der Waals surface area contributed by atoms with E-state index in [1.165, 1.54) is 11.8 Å². The van der Waals surface area contributed by atoms with Gasteiger partial charge in [0, 0.05) is 10.4 Å². The van der Waals surface area contributed by atoms with Crippen molar-refractivity contribution in [1.82, 2.24) is 9.66 Å². The summed E-state index contributed by atoms with van der Waals surface area (Å²) in [6, 6.07) is 10.6. The van der Waals surface area contributed by atoms with Crippen LogP contribution in [0.5, 0.6) is 11.5 Å². The Morgan fingerprint density at radius 1 is 1.18 bits per heavy atom. The van der Waals surface area contributed by atoms with E-state index >= 15 is 0 Å². The van der Waals surface area contributed by atoms with Crippen LogP contribution in [0.15, 0.2) is 50.8 Å². The van der Waals surface area contributed by atoms with E-state index in [2.05, 4.69) is 21.0 Å². The predicted octanol–water partition coefficient (Wildman–Crippen LogP) is 4.89. The minimum absolute atomic E-state index is 0.0359. The Bertz CT molecular complexity index is 1270. The van der Waals surface area contributed by atoms with Crippen LogP contribution in [0.2, 0.25) is 0 Å². The van der Waals surface area contributed by atoms with Gasteiger partial charge < -0.3 is 14.2 Å². The Hall–Kier alpha value is -3.20. The van der Waals surface area contributed by atoms with Gasteiger partial charge in [0.2, 0.25) is 0 Å². The summed E-state index contributed by atoms with van der Waals surface area (Å²) in [5.41, 5.74) is 1.08. The molecule has 1 aromatic heterocycles. The van der Waals surface area contributed by atoms with Crippen LogP contribution in [-0.2, 0) is 9.53 Å². The van der Waals surface area contributed by atoms with Gasteiger partial charge in [0.05, 0.1) is 30.3 Å². The monoisotopic (exact) mass is 529 g/mol. The summed E-state index contributed by atoms with van der Waals surface area (Å²) < 4.78 is 18.2. The molecular weight excluding hydrogens is 502 g/mol. The van der Waals surface area contributed by atoms with Crippen LogP contribution in [0.25, 0.3) is 10.9 Å². The molecule has 2 aromatic carbocycles. The minimum Gasteiger partial charge on any atom is -0.493 e. The van der Waals surface area contributed by atoms with Crippen molar-refractivity contribution in [3.63, 3.8) is 0 Å². The number of aromatic nitrogens is 2. The first-order valence-electron chi connectivity index (χ1n) is 11.0. The second-order valence-corrected chi connectivity index (χ2v) is 8.96. The number of fused-ring (bicyclic) bond motifs is 1. The molecule has 0 saturated carbocycles. The fourth-order valence-electron chi connectivity index (χ4n) is 3.22. The number of benzene rings is 2. The van der Waals surface area contributed by atoms with E-state index in [1.807, 2.05) is 26.0 Å². The molecule has 0 aliphatic heterocycles. The van der Waals surface area contributed by atoms with Crippen LogP contribution in [-0.4, -0.2) is 41.7 Å². The van der Waals surface area contributed by atoms with Crippen molar-refractivity contribution in [3.05, 3.63) is 62.6 Å². The van der Waals surface area contributed by atoms with Crippen molar-refractivity contribution < 1.29 is 19.0 Å². The van der Waals surface area contributed by atoms with Gasteiger partial charge in [-0.3, -0.25) is 4.79 Å². The van der Waals surface area contributed by atoms with Gasteiger partial charge in [-0.2, -0.15) is 9.78 Å². The molecule has 34 heavy (non-hydrogen) atoms. The number of carbonyl (C=O) groups is 1. The molecule has 0 aliphatic carbocycles. The molecule has 180 valence electrons. The second-order valence-electron chi connectivity index (χ2n) is 8.04. The average Bonchev–Trinajstić information content (AvgIpc) is 2.81. The Kier molecular flexibility index (Phi) is 8.44. The number of nitrogens with zero attached hydrogens (tertiary/aromatic N) is 3. The molecule has 0 saturated heterocycles. The topological polar surface area (TPSA) is 92.0 Å². The van der Waals surface area contributed by atoms with Gasteiger partial charge >= 0.3 is 5.97 Å². The summed E-state index contributed by atoms with van der Waals surface area (Å²) in [7, 11) is 1.51. The smallest absolute Gasteiger partial charge is 0.344 e. The minimum atomic E-state index is -0.463. The van der Waals surface area contributed by atoms with Gasteiger partial charge in [0.1, 0.15) is 5.82 Å². The van der Waals surface area contributed by atoms with E-state index in [1.54, 1.807) is 44.3 Å². The number of hydrogen-bond acceptors (Lipinski definition) is 7. The van der Waals surface area contributed by atoms with E-state index in [-0.39, 0.29) is 24.2 Å². The molecule has 0 bridgehead atoms. The third-order valence-electron chi connectivity index (χ3n) is 5.11. The highest BCUT2D eigenvalue weighted by atomic mass is 79.9. The predicted molar refractivity (Wildman–Crippen MR) is 135 cm³/mol. The zero-order valence-corrected chi connectivity index (χ0v) is 21.5. The molecule has 3 rings (SSSR count). The zero-order valence-electron chi connectivity index (χ0n) is 19.9. The fraction of sp³-hybridized carbons (Fsp3) is 0.360. The number of ether oxygens (including phenoxy) is 3. The molecule has 0 aliphatic rings. The summed E-state index contributed by atoms with van der Waals surface area (Å²) in [5, 5.41) is 4.95. The molecule has 0 spiro atoms. The first-order chi connectivity index (χ1) is 16.2. The van der Waals surface area contributed by atoms with Crippen LogP contribution < -0.4 is 15.0 Å². The number of halogens is 1. The van der Waals surface area contributed by atoms with Crippen molar-refractivity contribution in [2.45, 2.75) is 46.1 Å². The molecule has 0 radical (unpaired) electrons. The quantitative estimate of drug-likeness (QED) is 0.289. The average molecular weight is 530 g/mol. The lowest BCUT2D eigenvalue weighted by molar-refractivity contribution is -0.149. The standard InChI is InChI=1S/C25H28BrN3O5/c1-6-16(4)24-28-20-9-8-18(26)12-19(20)25(31)29(24)27-13-17-7-10-21(22(11-17)32-5)33-14-23(30)34-15(2)3/h7-13,15-16H,6,14H2,1-5H3/t16-/m0/s1. The maximum Gasteiger partial charge on any atom is 0.344 e. The van der Waals surface area contributed by atoms with Gasteiger partial charge in [-0.15, -0.1) is 0 Å². The lowest BCUT2D eigenvalue weighted by atomic mass is 10.1. The Balaban J connectivity index is 1.94. The first-order valence-corrected chi connectivity index (χ1v) is 11.8. The van der Waals surface area contributed by atoms with Gasteiger partial charge in [0.25, 0.3) is 5.56 Å². The van der Waals surface area contributed by atoms with Crippen molar-refractivity contribution in [1.29, 1.82) is 0 Å². The lowest BCUT2D eigenvalue weighted by Gasteiger charge is -2.14. The molecule has 0 N–H and O–H groups in total. The molecular formula is C25H28BrN3O5. The summed E-state index contributed by atoms with van der Waals surface area (Å²) in [5.74, 6) is 0.990. The molecule has 1 atom stereocenters. The van der Waals surface area contributed by atoms with E-state index < -0.39 is 5.97 Å². The first kappa shape index (κ1) is 25.4. The van der Waals surface area contributed by atoms with E-state index in [0.29, 0.717) is 33.8 Å². The third-order valence-corrected chi connectivity index (χ3v) is 5.60. The van der Waals surface area contributed by atoms with E-state index in [0.717, 1.165) is 10.9 Å². The van der Waals surface area contributed by atoms with Gasteiger partial charge in [-0.25, -0.2) is 9.78 Å². The van der Waals surface area contributed by atoms with Crippen LogP contribution in [0, 0.1) is 0 Å². The Labute approximate surface area is 206 Å². The van der Waals surface area contributed by atoms with Crippen molar-refractivity contribution >= 4 is 39.0 Å². The number of esters is 1. The molecule has 1 heterocycles. The molecule has 9 heteroatoms. The maximum absolute atomic E-state index is 13.2. The van der Waals surface area contributed by atoms with Crippen LogP contribution >= 0.6 is 15.9 Å². The zero-order chi connectivity index (χ0) is 24.8. The summed E-state index contributed by atoms with van der Waals surface area (Å²) in [4.78, 5) is 29.7.